The van der Waals surface area contributed by atoms with Crippen LogP contribution in [0.25, 0.3) is 0 Å². The van der Waals surface area contributed by atoms with Crippen molar-refractivity contribution in [2.24, 2.45) is 40.5 Å². The Morgan fingerprint density at radius 3 is 1.38 bits per heavy atom. The van der Waals surface area contributed by atoms with E-state index in [-0.39, 0.29) is 24.5 Å². The highest BCUT2D eigenvalue weighted by atomic mass is 16.4. The van der Waals surface area contributed by atoms with Gasteiger partial charge >= 0.3 is 23.9 Å². The maximum atomic E-state index is 10.4. The predicted octanol–water partition coefficient (Wildman–Crippen LogP) is -0.491. The minimum Gasteiger partial charge on any atom is -0.508 e. The van der Waals surface area contributed by atoms with Gasteiger partial charge in [-0.15, -0.1) is 0 Å². The van der Waals surface area contributed by atoms with Gasteiger partial charge in [0.05, 0.1) is 6.42 Å². The van der Waals surface area contributed by atoms with Gasteiger partial charge in [0.15, 0.2) is 0 Å². The number of rotatable bonds is 12. The van der Waals surface area contributed by atoms with E-state index in [1.54, 1.807) is 12.1 Å². The fraction of sp³-hybridized carbons (Fsp3) is 0.560. The molecule has 1 rings (SSSR count). The van der Waals surface area contributed by atoms with Crippen molar-refractivity contribution in [3.8, 4) is 5.75 Å². The van der Waals surface area contributed by atoms with E-state index in [9.17, 15) is 24.0 Å². The van der Waals surface area contributed by atoms with Crippen molar-refractivity contribution in [1.29, 1.82) is 0 Å². The first-order chi connectivity index (χ1) is 18.3. The molecule has 15 heteroatoms. The van der Waals surface area contributed by atoms with Crippen molar-refractivity contribution < 1.29 is 49.5 Å². The summed E-state index contributed by atoms with van der Waals surface area (Å²) in [5.74, 6) is -4.17. The van der Waals surface area contributed by atoms with E-state index in [0.29, 0.717) is 12.3 Å². The minimum atomic E-state index is -1.21. The van der Waals surface area contributed by atoms with Crippen LogP contribution >= 0.6 is 0 Å². The zero-order valence-electron chi connectivity index (χ0n) is 23.3. The summed E-state index contributed by atoms with van der Waals surface area (Å²) >= 11 is 0. The molecule has 0 fully saturated rings. The Kier molecular flexibility index (Phi) is 22.5. The summed E-state index contributed by atoms with van der Waals surface area (Å²) < 4.78 is 0. The van der Waals surface area contributed by atoms with Crippen LogP contribution in [0.4, 0.5) is 0 Å². The molecule has 0 aromatic heterocycles. The molecule has 0 radical (unpaired) electrons. The molecule has 0 aliphatic carbocycles. The largest absolute Gasteiger partial charge is 0.508 e. The Bertz CT molecular complexity index is 912. The second-order valence-corrected chi connectivity index (χ2v) is 9.25. The number of aliphatic carboxylic acids is 4. The number of carboxylic acids is 4. The summed E-state index contributed by atoms with van der Waals surface area (Å²) in [6.07, 6.45) is 1.33. The lowest BCUT2D eigenvalue weighted by Gasteiger charge is -2.11. The molecule has 1 aromatic carbocycles. The Morgan fingerprint density at radius 2 is 1.15 bits per heavy atom. The van der Waals surface area contributed by atoms with Crippen LogP contribution in [-0.4, -0.2) is 79.5 Å². The molecule has 15 N–H and O–H groups in total. The van der Waals surface area contributed by atoms with Gasteiger partial charge in [-0.25, -0.2) is 0 Å². The van der Waals surface area contributed by atoms with Gasteiger partial charge in [0.25, 0.3) is 0 Å². The number of carbonyl (C=O) groups is 5. The first kappa shape index (κ1) is 40.7. The van der Waals surface area contributed by atoms with E-state index in [1.165, 1.54) is 12.1 Å². The molecule has 0 unspecified atom stereocenters. The molecule has 0 spiro atoms. The molecule has 0 bridgehead atoms. The van der Waals surface area contributed by atoms with E-state index in [4.69, 9.17) is 48.5 Å². The summed E-state index contributed by atoms with van der Waals surface area (Å²) in [5.41, 5.74) is 26.2. The lowest BCUT2D eigenvalue weighted by molar-refractivity contribution is -0.140. The second kappa shape index (κ2) is 22.1. The van der Waals surface area contributed by atoms with Crippen LogP contribution < -0.4 is 28.7 Å². The molecule has 0 heterocycles. The average molecular weight is 576 g/mol. The van der Waals surface area contributed by atoms with Gasteiger partial charge in [-0.2, -0.15) is 0 Å². The molecule has 5 atom stereocenters. The number of hydrogen-bond donors (Lipinski definition) is 10. The lowest BCUT2D eigenvalue weighted by Crippen LogP contribution is -2.36. The maximum absolute atomic E-state index is 10.4. The fourth-order valence-electron chi connectivity index (χ4n) is 2.38. The summed E-state index contributed by atoms with van der Waals surface area (Å²) in [6.45, 7) is 7.65. The number of carbonyl (C=O) groups excluding carboxylic acids is 1. The maximum Gasteiger partial charge on any atom is 0.321 e. The SMILES string of the molecule is CC(C)C[C@H](N)C(=O)O.CC[C@H](C)[C@H](N)C(=O)O.NC(=O)C[C@H](N)C(=O)O.N[C@@H](Cc1ccc(O)cc1)C(=O)O. The van der Waals surface area contributed by atoms with Crippen LogP contribution in [-0.2, 0) is 30.4 Å². The van der Waals surface area contributed by atoms with Crippen LogP contribution in [0.2, 0.25) is 0 Å². The quantitative estimate of drug-likeness (QED) is 0.150. The molecule has 0 saturated carbocycles. The number of carboxylic acid groups (broad SMARTS) is 4. The molecule has 0 aliphatic heterocycles. The van der Waals surface area contributed by atoms with Crippen molar-refractivity contribution in [1.82, 2.24) is 0 Å². The van der Waals surface area contributed by atoms with Crippen LogP contribution in [0, 0.1) is 11.8 Å². The normalized spacial score (nSPS) is 13.7. The van der Waals surface area contributed by atoms with E-state index in [0.717, 1.165) is 12.0 Å². The van der Waals surface area contributed by atoms with Crippen molar-refractivity contribution in [2.75, 3.05) is 0 Å². The van der Waals surface area contributed by atoms with Gasteiger partial charge in [-0.3, -0.25) is 24.0 Å². The standard InChI is InChI=1S/C9H11NO3.2C6H13NO2.C4H8N2O3/c10-8(9(12)13)5-6-1-3-7(11)4-2-6;1-4(2)3-5(7)6(8)9;1-3-4(2)5(7)6(8)9;5-2(4(8)9)1-3(6)7/h1-4,8,11H,5,10H2,(H,12,13);2*4-5H,3,7H2,1-2H3,(H,8,9);2H,1,5H2,(H2,6,7)(H,8,9)/t8-;5-;4-,5-;2-/m0000/s1. The summed E-state index contributed by atoms with van der Waals surface area (Å²) in [4.78, 5) is 50.6. The molecule has 0 saturated heterocycles. The topological polar surface area (TPSA) is 317 Å². The van der Waals surface area contributed by atoms with Gasteiger partial charge in [0, 0.05) is 0 Å². The van der Waals surface area contributed by atoms with Crippen molar-refractivity contribution >= 4 is 29.8 Å². The van der Waals surface area contributed by atoms with Crippen LogP contribution in [0.1, 0.15) is 52.5 Å². The molecule has 1 aromatic rings. The minimum absolute atomic E-state index is 0.0718. The Balaban J connectivity index is -0.000000465. The highest BCUT2D eigenvalue weighted by Gasteiger charge is 2.17. The first-order valence-corrected chi connectivity index (χ1v) is 12.3. The van der Waals surface area contributed by atoms with Gasteiger partial charge in [-0.1, -0.05) is 46.2 Å². The summed E-state index contributed by atoms with van der Waals surface area (Å²) in [6, 6.07) is 2.87. The molecular weight excluding hydrogens is 530 g/mol. The number of hydrogen-bond acceptors (Lipinski definition) is 10. The number of phenolic OH excluding ortho intramolecular Hbond substituents is 1. The number of benzene rings is 1. The van der Waals surface area contributed by atoms with Gasteiger partial charge < -0.3 is 54.2 Å². The van der Waals surface area contributed by atoms with Gasteiger partial charge in [0.1, 0.15) is 29.9 Å². The summed E-state index contributed by atoms with van der Waals surface area (Å²) in [7, 11) is 0. The highest BCUT2D eigenvalue weighted by molar-refractivity contribution is 5.83. The number of aromatic hydroxyl groups is 1. The Labute approximate surface area is 233 Å². The third-order valence-corrected chi connectivity index (χ3v) is 5.03. The number of nitrogens with two attached hydrogens (primary N) is 5. The van der Waals surface area contributed by atoms with Gasteiger partial charge in [-0.05, 0) is 42.4 Å². The smallest absolute Gasteiger partial charge is 0.321 e. The molecule has 40 heavy (non-hydrogen) atoms. The van der Waals surface area contributed by atoms with E-state index in [2.05, 4.69) is 5.73 Å². The van der Waals surface area contributed by atoms with Crippen molar-refractivity contribution in [3.63, 3.8) is 0 Å². The molecule has 230 valence electrons. The highest BCUT2D eigenvalue weighted by Crippen LogP contribution is 2.10. The molecule has 0 aliphatic rings. The van der Waals surface area contributed by atoms with Crippen LogP contribution in [0.5, 0.6) is 5.75 Å². The first-order valence-electron chi connectivity index (χ1n) is 12.3. The molecule has 15 nitrogen and oxygen atoms in total. The van der Waals surface area contributed by atoms with E-state index in [1.807, 2.05) is 27.7 Å². The van der Waals surface area contributed by atoms with Gasteiger partial charge in [0.2, 0.25) is 5.91 Å². The molecule has 1 amide bonds. The second-order valence-electron chi connectivity index (χ2n) is 9.25. The number of primary amides is 1. The molecular formula is C25H45N5O10. The third kappa shape index (κ3) is 23.3. The van der Waals surface area contributed by atoms with Crippen molar-refractivity contribution in [2.45, 2.75) is 77.5 Å². The van der Waals surface area contributed by atoms with E-state index >= 15 is 0 Å². The van der Waals surface area contributed by atoms with E-state index < -0.39 is 54.0 Å². The number of phenols is 1. The zero-order valence-corrected chi connectivity index (χ0v) is 23.3. The average Bonchev–Trinajstić information content (AvgIpc) is 2.84. The fourth-order valence-corrected chi connectivity index (χ4v) is 2.38. The lowest BCUT2D eigenvalue weighted by atomic mass is 10.0. The van der Waals surface area contributed by atoms with Crippen LogP contribution in [0.15, 0.2) is 24.3 Å². The Morgan fingerprint density at radius 1 is 0.725 bits per heavy atom. The monoisotopic (exact) mass is 575 g/mol. The van der Waals surface area contributed by atoms with Crippen molar-refractivity contribution in [3.05, 3.63) is 29.8 Å². The predicted molar refractivity (Wildman–Crippen MR) is 147 cm³/mol. The zero-order chi connectivity index (χ0) is 32.2. The number of amides is 1. The van der Waals surface area contributed by atoms with Crippen LogP contribution in [0.3, 0.4) is 0 Å². The third-order valence-electron chi connectivity index (χ3n) is 5.03. The summed E-state index contributed by atoms with van der Waals surface area (Å²) in [5, 5.41) is 42.2. The Hall–Kier alpha value is -3.79.